The van der Waals surface area contributed by atoms with E-state index in [9.17, 15) is 19.8 Å². The van der Waals surface area contributed by atoms with Crippen molar-refractivity contribution in [2.24, 2.45) is 0 Å². The molecule has 3 aromatic rings. The molecule has 1 aromatic heterocycles. The Morgan fingerprint density at radius 3 is 2.48 bits per heavy atom. The number of likely N-dealkylation sites (N-methyl/N-ethyl adjacent to an activating group) is 1. The van der Waals surface area contributed by atoms with Gasteiger partial charge in [0, 0.05) is 37.8 Å². The number of imidazole rings is 1. The van der Waals surface area contributed by atoms with Gasteiger partial charge in [0.15, 0.2) is 0 Å². The molecule has 0 bridgehead atoms. The van der Waals surface area contributed by atoms with Crippen LogP contribution in [-0.2, 0) is 6.42 Å². The lowest BCUT2D eigenvalue weighted by molar-refractivity contribution is 0.0664. The number of fused-ring (bicyclic) bond motifs is 1. The van der Waals surface area contributed by atoms with Crippen molar-refractivity contribution in [1.29, 1.82) is 0 Å². The lowest BCUT2D eigenvalue weighted by Crippen LogP contribution is -2.47. The van der Waals surface area contributed by atoms with Gasteiger partial charge in [0.1, 0.15) is 11.5 Å². The number of benzene rings is 2. The number of nitrogens with zero attached hydrogens (tertiary/aromatic N) is 3. The first-order chi connectivity index (χ1) is 13.9. The zero-order chi connectivity index (χ0) is 20.7. The van der Waals surface area contributed by atoms with E-state index in [-0.39, 0.29) is 23.1 Å². The predicted octanol–water partition coefficient (Wildman–Crippen LogP) is 1.68. The number of amides is 1. The van der Waals surface area contributed by atoms with Crippen LogP contribution < -0.4 is 5.69 Å². The van der Waals surface area contributed by atoms with Crippen LogP contribution in [0.25, 0.3) is 16.7 Å². The predicted molar refractivity (Wildman–Crippen MR) is 110 cm³/mol. The molecule has 3 N–H and O–H groups in total. The minimum absolute atomic E-state index is 0.0123. The van der Waals surface area contributed by atoms with Crippen LogP contribution in [0.1, 0.15) is 22.8 Å². The first kappa shape index (κ1) is 19.1. The molecule has 0 radical (unpaired) electrons. The molecule has 2 aromatic carbocycles. The molecule has 2 heterocycles. The number of aromatic nitrogens is 2. The molecule has 8 heteroatoms. The molecule has 0 unspecified atom stereocenters. The topological polar surface area (TPSA) is 102 Å². The highest BCUT2D eigenvalue weighted by Gasteiger charge is 2.22. The highest BCUT2D eigenvalue weighted by molar-refractivity contribution is 5.97. The molecule has 29 heavy (non-hydrogen) atoms. The molecule has 0 saturated carbocycles. The molecule has 4 rings (SSSR count). The van der Waals surface area contributed by atoms with E-state index in [0.29, 0.717) is 41.7 Å². The van der Waals surface area contributed by atoms with Gasteiger partial charge in [-0.1, -0.05) is 6.92 Å². The Morgan fingerprint density at radius 1 is 1.07 bits per heavy atom. The van der Waals surface area contributed by atoms with Gasteiger partial charge < -0.3 is 25.0 Å². The molecule has 0 atom stereocenters. The fraction of sp³-hybridized carbons (Fsp3) is 0.333. The summed E-state index contributed by atoms with van der Waals surface area (Å²) in [5.41, 5.74) is 2.07. The zero-order valence-corrected chi connectivity index (χ0v) is 16.5. The number of aromatic hydroxyl groups is 2. The lowest BCUT2D eigenvalue weighted by Gasteiger charge is -2.32. The van der Waals surface area contributed by atoms with Crippen molar-refractivity contribution in [3.63, 3.8) is 0 Å². The average molecular weight is 396 g/mol. The Hall–Kier alpha value is -3.26. The summed E-state index contributed by atoms with van der Waals surface area (Å²) < 4.78 is 1.35. The van der Waals surface area contributed by atoms with Gasteiger partial charge >= 0.3 is 5.69 Å². The first-order valence-corrected chi connectivity index (χ1v) is 9.67. The Bertz CT molecular complexity index is 1140. The second kappa shape index (κ2) is 7.29. The molecular weight excluding hydrogens is 372 g/mol. The molecule has 1 fully saturated rings. The van der Waals surface area contributed by atoms with E-state index in [2.05, 4.69) is 9.88 Å². The maximum Gasteiger partial charge on any atom is 0.331 e. The van der Waals surface area contributed by atoms with E-state index >= 15 is 0 Å². The highest BCUT2D eigenvalue weighted by atomic mass is 16.3. The van der Waals surface area contributed by atoms with Crippen LogP contribution in [0, 0.1) is 0 Å². The van der Waals surface area contributed by atoms with Gasteiger partial charge in [0.05, 0.1) is 16.7 Å². The van der Waals surface area contributed by atoms with Crippen molar-refractivity contribution < 1.29 is 15.0 Å². The van der Waals surface area contributed by atoms with Gasteiger partial charge in [0.2, 0.25) is 0 Å². The highest BCUT2D eigenvalue weighted by Crippen LogP contribution is 2.31. The Balaban J connectivity index is 1.75. The van der Waals surface area contributed by atoms with Crippen molar-refractivity contribution in [3.05, 3.63) is 51.9 Å². The van der Waals surface area contributed by atoms with Crippen molar-refractivity contribution in [1.82, 2.24) is 19.4 Å². The Labute approximate surface area is 167 Å². The molecule has 152 valence electrons. The number of rotatable bonds is 3. The summed E-state index contributed by atoms with van der Waals surface area (Å²) in [6, 6.07) is 7.92. The third kappa shape index (κ3) is 3.36. The molecular formula is C21H24N4O4. The van der Waals surface area contributed by atoms with Gasteiger partial charge in [-0.05, 0) is 43.3 Å². The number of carbonyl (C=O) groups excluding carboxylic acids is 1. The Morgan fingerprint density at radius 2 is 1.79 bits per heavy atom. The van der Waals surface area contributed by atoms with Crippen molar-refractivity contribution >= 4 is 16.9 Å². The van der Waals surface area contributed by atoms with Crippen LogP contribution in [0.2, 0.25) is 0 Å². The maximum absolute atomic E-state index is 12.8. The van der Waals surface area contributed by atoms with E-state index < -0.39 is 5.69 Å². The SMILES string of the molecule is CCc1cc(-n2c(=O)[nH]c3cc(C(=O)N4CCN(C)CC4)ccc32)c(O)cc1O. The fourth-order valence-electron chi connectivity index (χ4n) is 3.75. The minimum atomic E-state index is -0.424. The monoisotopic (exact) mass is 396 g/mol. The molecule has 1 aliphatic rings. The van der Waals surface area contributed by atoms with E-state index in [1.54, 1.807) is 24.3 Å². The van der Waals surface area contributed by atoms with Gasteiger partial charge in [-0.3, -0.25) is 9.36 Å². The largest absolute Gasteiger partial charge is 0.508 e. The summed E-state index contributed by atoms with van der Waals surface area (Å²) >= 11 is 0. The van der Waals surface area contributed by atoms with Crippen LogP contribution in [0.5, 0.6) is 11.5 Å². The molecule has 8 nitrogen and oxygen atoms in total. The summed E-state index contributed by atoms with van der Waals surface area (Å²) in [7, 11) is 2.03. The third-order valence-corrected chi connectivity index (χ3v) is 5.52. The maximum atomic E-state index is 12.8. The molecule has 0 aliphatic carbocycles. The standard InChI is InChI=1S/C21H24N4O4/c1-3-13-11-17(19(27)12-18(13)26)25-16-5-4-14(10-15(16)22-21(25)29)20(28)24-8-6-23(2)7-9-24/h4-5,10-12,26-27H,3,6-9H2,1-2H3,(H,22,29). The zero-order valence-electron chi connectivity index (χ0n) is 16.5. The van der Waals surface area contributed by atoms with E-state index in [1.807, 2.05) is 18.9 Å². The molecule has 0 spiro atoms. The van der Waals surface area contributed by atoms with Gasteiger partial charge in [-0.15, -0.1) is 0 Å². The molecule has 1 saturated heterocycles. The van der Waals surface area contributed by atoms with E-state index in [1.165, 1.54) is 10.6 Å². The van der Waals surface area contributed by atoms with Crippen molar-refractivity contribution in [2.75, 3.05) is 33.2 Å². The van der Waals surface area contributed by atoms with Crippen LogP contribution in [0.4, 0.5) is 0 Å². The quantitative estimate of drug-likeness (QED) is 0.625. The van der Waals surface area contributed by atoms with E-state index in [4.69, 9.17) is 0 Å². The number of nitrogens with one attached hydrogen (secondary N) is 1. The summed E-state index contributed by atoms with van der Waals surface area (Å²) in [5, 5.41) is 20.2. The number of aromatic amines is 1. The van der Waals surface area contributed by atoms with Crippen molar-refractivity contribution in [3.8, 4) is 17.2 Å². The summed E-state index contributed by atoms with van der Waals surface area (Å²) in [6.07, 6.45) is 0.555. The number of phenols is 2. The number of piperazine rings is 1. The second-order valence-electron chi connectivity index (χ2n) is 7.42. The van der Waals surface area contributed by atoms with E-state index in [0.717, 1.165) is 13.1 Å². The third-order valence-electron chi connectivity index (χ3n) is 5.52. The number of hydrogen-bond acceptors (Lipinski definition) is 5. The average Bonchev–Trinajstić information content (AvgIpc) is 3.03. The lowest BCUT2D eigenvalue weighted by atomic mass is 10.1. The van der Waals surface area contributed by atoms with Crippen molar-refractivity contribution in [2.45, 2.75) is 13.3 Å². The number of H-pyrrole nitrogens is 1. The first-order valence-electron chi connectivity index (χ1n) is 9.67. The number of phenolic OH excluding ortho intramolecular Hbond substituents is 2. The van der Waals surface area contributed by atoms with Crippen LogP contribution in [0.15, 0.2) is 35.1 Å². The summed E-state index contributed by atoms with van der Waals surface area (Å²) in [5.74, 6) is -0.267. The van der Waals surface area contributed by atoms with Gasteiger partial charge in [-0.2, -0.15) is 0 Å². The van der Waals surface area contributed by atoms with Gasteiger partial charge in [0.25, 0.3) is 5.91 Å². The normalized spacial score (nSPS) is 15.2. The Kier molecular flexibility index (Phi) is 4.79. The number of aryl methyl sites for hydroxylation is 1. The van der Waals surface area contributed by atoms with Crippen LogP contribution >= 0.6 is 0 Å². The number of carbonyl (C=O) groups is 1. The van der Waals surface area contributed by atoms with Crippen LogP contribution in [-0.4, -0.2) is 68.7 Å². The second-order valence-corrected chi connectivity index (χ2v) is 7.42. The minimum Gasteiger partial charge on any atom is -0.508 e. The smallest absolute Gasteiger partial charge is 0.331 e. The van der Waals surface area contributed by atoms with Crippen LogP contribution in [0.3, 0.4) is 0 Å². The fourth-order valence-corrected chi connectivity index (χ4v) is 3.75. The summed E-state index contributed by atoms with van der Waals surface area (Å²) in [4.78, 5) is 32.2. The number of hydrogen-bond donors (Lipinski definition) is 3. The summed E-state index contributed by atoms with van der Waals surface area (Å²) in [6.45, 7) is 4.89. The van der Waals surface area contributed by atoms with Gasteiger partial charge in [-0.25, -0.2) is 4.79 Å². The molecule has 1 amide bonds. The molecule has 1 aliphatic heterocycles.